The van der Waals surface area contributed by atoms with Gasteiger partial charge in [-0.15, -0.1) is 18.6 Å². The molecule has 12 rings (SSSR count). The van der Waals surface area contributed by atoms with E-state index in [0.717, 1.165) is 14.6 Å². The van der Waals surface area contributed by atoms with Crippen molar-refractivity contribution in [2.75, 3.05) is 0 Å². The molecule has 0 aliphatic rings. The summed E-state index contributed by atoms with van der Waals surface area (Å²) in [7, 11) is 0. The Kier molecular flexibility index (Phi) is 13.4. The van der Waals surface area contributed by atoms with Crippen LogP contribution in [0.15, 0.2) is 219 Å². The van der Waals surface area contributed by atoms with E-state index in [9.17, 15) is 0 Å². The third-order valence-corrected chi connectivity index (χ3v) is 13.2. The third kappa shape index (κ3) is 9.04. The van der Waals surface area contributed by atoms with Crippen molar-refractivity contribution in [1.82, 2.24) is 15.0 Å². The summed E-state index contributed by atoms with van der Waals surface area (Å²) >= 11 is 4.68. The Balaban J connectivity index is 0.000000121. The standard InChI is InChI=1S/3C19H12NS.Ir/c3*1-2-6-14(7-3-1)16-10-4-8-15-9-5-11-17(19(15)16)18-12-20-13-21-18;/h3*1-12H;/q3*-1;+3. The minimum atomic E-state index is 0. The van der Waals surface area contributed by atoms with Gasteiger partial charge in [0.15, 0.2) is 0 Å². The molecule has 0 N–H and O–H groups in total. The molecule has 3 aromatic heterocycles. The number of hydrogen-bond acceptors (Lipinski definition) is 6. The molecule has 12 aromatic rings. The smallest absolute Gasteiger partial charge is 0.394 e. The molecule has 7 heteroatoms. The van der Waals surface area contributed by atoms with Gasteiger partial charge in [0.05, 0.1) is 0 Å². The van der Waals surface area contributed by atoms with E-state index in [1.54, 1.807) is 34.0 Å². The molecule has 0 saturated heterocycles. The summed E-state index contributed by atoms with van der Waals surface area (Å²) in [4.78, 5) is 15.8. The summed E-state index contributed by atoms with van der Waals surface area (Å²) in [5.41, 5.74) is 20.0. The van der Waals surface area contributed by atoms with Crippen molar-refractivity contribution < 1.29 is 20.1 Å². The van der Waals surface area contributed by atoms with Gasteiger partial charge in [0.1, 0.15) is 0 Å². The first-order valence-electron chi connectivity index (χ1n) is 20.5. The van der Waals surface area contributed by atoms with E-state index < -0.39 is 0 Å². The van der Waals surface area contributed by atoms with E-state index >= 15 is 0 Å². The average molecular weight is 1050 g/mol. The van der Waals surface area contributed by atoms with Crippen molar-refractivity contribution in [2.45, 2.75) is 0 Å². The summed E-state index contributed by atoms with van der Waals surface area (Å²) in [5.74, 6) is 0. The zero-order chi connectivity index (χ0) is 42.2. The maximum absolute atomic E-state index is 4.10. The average Bonchev–Trinajstić information content (AvgIpc) is 4.21. The van der Waals surface area contributed by atoms with Crippen LogP contribution in [-0.2, 0) is 20.1 Å². The number of fused-ring (bicyclic) bond motifs is 3. The number of aromatic nitrogens is 3. The van der Waals surface area contributed by atoms with Crippen LogP contribution >= 0.6 is 34.0 Å². The van der Waals surface area contributed by atoms with Gasteiger partial charge in [-0.1, -0.05) is 232 Å². The summed E-state index contributed by atoms with van der Waals surface area (Å²) < 4.78 is 0. The Morgan fingerprint density at radius 1 is 0.266 bits per heavy atom. The first-order valence-corrected chi connectivity index (χ1v) is 22.9. The molecule has 0 unspecified atom stereocenters. The third-order valence-electron chi connectivity index (χ3n) is 10.9. The summed E-state index contributed by atoms with van der Waals surface area (Å²) in [6.45, 7) is 0. The van der Waals surface area contributed by atoms with Crippen LogP contribution < -0.4 is 0 Å². The van der Waals surface area contributed by atoms with Crippen molar-refractivity contribution in [3.05, 3.63) is 235 Å². The van der Waals surface area contributed by atoms with Gasteiger partial charge in [0.2, 0.25) is 0 Å². The Morgan fingerprint density at radius 2 is 0.516 bits per heavy atom. The van der Waals surface area contributed by atoms with Crippen molar-refractivity contribution >= 4 is 66.3 Å². The quantitative estimate of drug-likeness (QED) is 0.156. The summed E-state index contributed by atoms with van der Waals surface area (Å²) in [5, 5.41) is 7.60. The van der Waals surface area contributed by atoms with Crippen LogP contribution in [0.25, 0.3) is 97.0 Å². The molecule has 0 atom stereocenters. The van der Waals surface area contributed by atoms with Crippen LogP contribution in [0.5, 0.6) is 0 Å². The molecule has 0 spiro atoms. The molecule has 0 aliphatic carbocycles. The largest absolute Gasteiger partial charge is 3.00 e. The number of hydrogen-bond donors (Lipinski definition) is 0. The molecule has 0 amide bonds. The Bertz CT molecular complexity index is 3000. The van der Waals surface area contributed by atoms with E-state index in [1.807, 2.05) is 36.8 Å². The molecule has 0 radical (unpaired) electrons. The van der Waals surface area contributed by atoms with Gasteiger partial charge in [-0.3, -0.25) is 34.0 Å². The van der Waals surface area contributed by atoms with Gasteiger partial charge in [-0.05, 0) is 82.2 Å². The molecular formula is C57H36IrN3S3. The second-order valence-corrected chi connectivity index (χ2v) is 17.2. The number of rotatable bonds is 6. The van der Waals surface area contributed by atoms with Gasteiger partial charge in [0, 0.05) is 0 Å². The first-order chi connectivity index (χ1) is 31.3. The zero-order valence-corrected chi connectivity index (χ0v) is 39.0. The Hall–Kier alpha value is -6.70. The van der Waals surface area contributed by atoms with Crippen LogP contribution in [0.2, 0.25) is 0 Å². The van der Waals surface area contributed by atoms with E-state index in [1.165, 1.54) is 82.4 Å². The molecule has 306 valence electrons. The van der Waals surface area contributed by atoms with Crippen LogP contribution in [-0.4, -0.2) is 15.0 Å². The normalized spacial score (nSPS) is 10.7. The molecule has 64 heavy (non-hydrogen) atoms. The van der Waals surface area contributed by atoms with Crippen molar-refractivity contribution in [3.8, 4) is 64.7 Å². The molecule has 3 heterocycles. The molecule has 0 fully saturated rings. The minimum absolute atomic E-state index is 0. The number of nitrogens with zero attached hydrogens (tertiary/aromatic N) is 3. The molecule has 9 aromatic carbocycles. The fourth-order valence-electron chi connectivity index (χ4n) is 8.15. The molecule has 0 bridgehead atoms. The second-order valence-electron chi connectivity index (χ2n) is 14.7. The van der Waals surface area contributed by atoms with E-state index in [-0.39, 0.29) is 20.1 Å². The number of benzene rings is 9. The van der Waals surface area contributed by atoms with Gasteiger partial charge in [0.25, 0.3) is 0 Å². The monoisotopic (exact) mass is 1050 g/mol. The predicted octanol–water partition coefficient (Wildman–Crippen LogP) is 16.3. The second kappa shape index (κ2) is 20.2. The van der Waals surface area contributed by atoms with Gasteiger partial charge in [-0.2, -0.15) is 0 Å². The van der Waals surface area contributed by atoms with E-state index in [0.29, 0.717) is 0 Å². The molecular weight excluding hydrogens is 1020 g/mol. The Labute approximate surface area is 398 Å². The van der Waals surface area contributed by atoms with Gasteiger partial charge >= 0.3 is 20.1 Å². The van der Waals surface area contributed by atoms with Gasteiger partial charge < -0.3 is 15.0 Å². The first kappa shape index (κ1) is 42.6. The topological polar surface area (TPSA) is 38.7 Å². The van der Waals surface area contributed by atoms with Crippen LogP contribution in [0.3, 0.4) is 0 Å². The van der Waals surface area contributed by atoms with Crippen LogP contribution in [0.4, 0.5) is 0 Å². The van der Waals surface area contributed by atoms with E-state index in [2.05, 4.69) is 213 Å². The summed E-state index contributed by atoms with van der Waals surface area (Å²) in [6, 6.07) is 70.3. The Morgan fingerprint density at radius 3 is 0.750 bits per heavy atom. The minimum Gasteiger partial charge on any atom is -0.394 e. The fourth-order valence-corrected chi connectivity index (χ4v) is 9.92. The SMILES string of the molecule is [Ir+3].[c-]1ncc(-c2cccc3cccc(-c4ccccc4)c23)s1.[c-]1ncc(-c2cccc3cccc(-c4ccccc4)c23)s1.[c-]1ncc(-c2cccc3cccc(-c4ccccc4)c23)s1. The van der Waals surface area contributed by atoms with Crippen molar-refractivity contribution in [1.29, 1.82) is 0 Å². The van der Waals surface area contributed by atoms with Crippen molar-refractivity contribution in [3.63, 3.8) is 0 Å². The molecule has 0 aliphatic heterocycles. The van der Waals surface area contributed by atoms with Crippen LogP contribution in [0.1, 0.15) is 0 Å². The predicted molar refractivity (Wildman–Crippen MR) is 268 cm³/mol. The molecule has 3 nitrogen and oxygen atoms in total. The maximum Gasteiger partial charge on any atom is 3.00 e. The van der Waals surface area contributed by atoms with Crippen LogP contribution in [0, 0.1) is 16.5 Å². The van der Waals surface area contributed by atoms with Gasteiger partial charge in [-0.25, -0.2) is 0 Å². The van der Waals surface area contributed by atoms with E-state index in [4.69, 9.17) is 0 Å². The number of thiazole rings is 3. The zero-order valence-electron chi connectivity index (χ0n) is 34.2. The van der Waals surface area contributed by atoms with Crippen molar-refractivity contribution in [2.24, 2.45) is 0 Å². The maximum atomic E-state index is 4.10. The fraction of sp³-hybridized carbons (Fsp3) is 0. The summed E-state index contributed by atoms with van der Waals surface area (Å²) in [6.07, 6.45) is 5.67. The molecule has 0 saturated carbocycles.